The van der Waals surface area contributed by atoms with Gasteiger partial charge < -0.3 is 0 Å². The second-order valence-electron chi connectivity index (χ2n) is 3.15. The number of carbonyl (C=O) groups is 1. The fourth-order valence-electron chi connectivity index (χ4n) is 1.18. The van der Waals surface area contributed by atoms with Gasteiger partial charge in [0.25, 0.3) is 0 Å². The van der Waals surface area contributed by atoms with Crippen LogP contribution < -0.4 is 0 Å². The molecule has 0 unspecified atom stereocenters. The van der Waals surface area contributed by atoms with Crippen molar-refractivity contribution >= 4 is 17.4 Å². The number of hydrogen-bond donors (Lipinski definition) is 0. The van der Waals surface area contributed by atoms with Crippen LogP contribution in [0.4, 0.5) is 4.39 Å². The normalized spacial score (nSPS) is 10.2. The molecule has 3 heteroatoms. The van der Waals surface area contributed by atoms with Gasteiger partial charge in [-0.15, -0.1) is 0 Å². The summed E-state index contributed by atoms with van der Waals surface area (Å²) in [6.07, 6.45) is 2.09. The molecule has 1 rings (SSSR count). The lowest BCUT2D eigenvalue weighted by Crippen LogP contribution is -2.01. The SMILES string of the molecule is CCCCC(=O)c1cc(Cl)ccc1F. The van der Waals surface area contributed by atoms with Gasteiger partial charge in [-0.05, 0) is 24.6 Å². The quantitative estimate of drug-likeness (QED) is 0.696. The predicted octanol–water partition coefficient (Wildman–Crippen LogP) is 3.85. The zero-order chi connectivity index (χ0) is 10.6. The highest BCUT2D eigenvalue weighted by Gasteiger charge is 2.11. The Balaban J connectivity index is 2.83. The van der Waals surface area contributed by atoms with Crippen molar-refractivity contribution in [2.45, 2.75) is 26.2 Å². The number of carbonyl (C=O) groups excluding carboxylic acids is 1. The third-order valence-corrected chi connectivity index (χ3v) is 2.22. The Morgan fingerprint density at radius 3 is 2.86 bits per heavy atom. The maximum Gasteiger partial charge on any atom is 0.165 e. The molecule has 0 saturated heterocycles. The van der Waals surface area contributed by atoms with E-state index in [-0.39, 0.29) is 11.3 Å². The lowest BCUT2D eigenvalue weighted by atomic mass is 10.1. The first-order valence-corrected chi connectivity index (χ1v) is 5.01. The van der Waals surface area contributed by atoms with Gasteiger partial charge in [0.2, 0.25) is 0 Å². The highest BCUT2D eigenvalue weighted by Crippen LogP contribution is 2.17. The molecule has 76 valence electrons. The van der Waals surface area contributed by atoms with Gasteiger partial charge in [0.05, 0.1) is 5.56 Å². The molecule has 0 aromatic heterocycles. The Labute approximate surface area is 87.9 Å². The second kappa shape index (κ2) is 5.11. The molecule has 0 aliphatic heterocycles. The van der Waals surface area contributed by atoms with Crippen molar-refractivity contribution in [1.82, 2.24) is 0 Å². The van der Waals surface area contributed by atoms with E-state index in [1.165, 1.54) is 18.2 Å². The van der Waals surface area contributed by atoms with E-state index >= 15 is 0 Å². The molecule has 0 aliphatic rings. The van der Waals surface area contributed by atoms with Crippen molar-refractivity contribution in [2.75, 3.05) is 0 Å². The number of benzene rings is 1. The van der Waals surface area contributed by atoms with Crippen LogP contribution in [0.3, 0.4) is 0 Å². The van der Waals surface area contributed by atoms with Crippen LogP contribution in [0.15, 0.2) is 18.2 Å². The van der Waals surface area contributed by atoms with Gasteiger partial charge in [-0.3, -0.25) is 4.79 Å². The van der Waals surface area contributed by atoms with Crippen LogP contribution in [0.2, 0.25) is 5.02 Å². The molecule has 0 aliphatic carbocycles. The van der Waals surface area contributed by atoms with E-state index in [1.807, 2.05) is 6.92 Å². The Morgan fingerprint density at radius 1 is 1.50 bits per heavy atom. The minimum absolute atomic E-state index is 0.103. The molecule has 0 amide bonds. The molecule has 0 heterocycles. The van der Waals surface area contributed by atoms with Crippen LogP contribution in [-0.4, -0.2) is 5.78 Å². The van der Waals surface area contributed by atoms with Crippen LogP contribution >= 0.6 is 11.6 Å². The third kappa shape index (κ3) is 2.81. The Kier molecular flexibility index (Phi) is 4.08. The summed E-state index contributed by atoms with van der Waals surface area (Å²) in [7, 11) is 0. The monoisotopic (exact) mass is 214 g/mol. The van der Waals surface area contributed by atoms with Crippen molar-refractivity contribution in [3.63, 3.8) is 0 Å². The molecule has 1 nitrogen and oxygen atoms in total. The fourth-order valence-corrected chi connectivity index (χ4v) is 1.36. The van der Waals surface area contributed by atoms with Gasteiger partial charge in [-0.1, -0.05) is 24.9 Å². The van der Waals surface area contributed by atoms with Gasteiger partial charge in [0.15, 0.2) is 5.78 Å². The van der Waals surface area contributed by atoms with Crippen LogP contribution in [0.25, 0.3) is 0 Å². The van der Waals surface area contributed by atoms with Crippen molar-refractivity contribution < 1.29 is 9.18 Å². The summed E-state index contributed by atoms with van der Waals surface area (Å²) in [6.45, 7) is 1.99. The topological polar surface area (TPSA) is 17.1 Å². The minimum atomic E-state index is -0.490. The highest BCUT2D eigenvalue weighted by molar-refractivity contribution is 6.31. The lowest BCUT2D eigenvalue weighted by molar-refractivity contribution is 0.0976. The molecule has 0 spiro atoms. The van der Waals surface area contributed by atoms with Crippen LogP contribution in [0, 0.1) is 5.82 Å². The summed E-state index contributed by atoms with van der Waals surface area (Å²) in [6, 6.07) is 4.05. The number of hydrogen-bond acceptors (Lipinski definition) is 1. The molecular formula is C11H12ClFO. The molecule has 0 bridgehead atoms. The summed E-state index contributed by atoms with van der Waals surface area (Å²) in [5, 5.41) is 0.395. The fraction of sp³-hybridized carbons (Fsp3) is 0.364. The molecule has 0 fully saturated rings. The van der Waals surface area contributed by atoms with E-state index in [2.05, 4.69) is 0 Å². The van der Waals surface area contributed by atoms with Gasteiger partial charge in [0, 0.05) is 11.4 Å². The van der Waals surface area contributed by atoms with E-state index in [0.29, 0.717) is 11.4 Å². The van der Waals surface area contributed by atoms with Crippen molar-refractivity contribution in [3.05, 3.63) is 34.6 Å². The molecule has 0 atom stereocenters. The number of rotatable bonds is 4. The van der Waals surface area contributed by atoms with Crippen LogP contribution in [0.5, 0.6) is 0 Å². The maximum absolute atomic E-state index is 13.2. The number of Topliss-reactive ketones (excluding diaryl/α,β-unsaturated/α-hetero) is 1. The Morgan fingerprint density at radius 2 is 2.21 bits per heavy atom. The molecule has 1 aromatic rings. The van der Waals surface area contributed by atoms with Gasteiger partial charge in [0.1, 0.15) is 5.82 Å². The largest absolute Gasteiger partial charge is 0.294 e. The maximum atomic E-state index is 13.2. The number of ketones is 1. The average Bonchev–Trinajstić information content (AvgIpc) is 2.18. The molecule has 0 radical (unpaired) electrons. The smallest absolute Gasteiger partial charge is 0.165 e. The third-order valence-electron chi connectivity index (χ3n) is 1.99. The van der Waals surface area contributed by atoms with E-state index in [0.717, 1.165) is 12.8 Å². The van der Waals surface area contributed by atoms with E-state index in [1.54, 1.807) is 0 Å². The van der Waals surface area contributed by atoms with Gasteiger partial charge >= 0.3 is 0 Å². The van der Waals surface area contributed by atoms with Crippen molar-refractivity contribution in [1.29, 1.82) is 0 Å². The summed E-state index contributed by atoms with van der Waals surface area (Å²) in [5.41, 5.74) is 0.103. The van der Waals surface area contributed by atoms with E-state index in [9.17, 15) is 9.18 Å². The highest BCUT2D eigenvalue weighted by atomic mass is 35.5. The first-order chi connectivity index (χ1) is 6.65. The predicted molar refractivity (Wildman–Crippen MR) is 55.3 cm³/mol. The van der Waals surface area contributed by atoms with Crippen molar-refractivity contribution in [2.24, 2.45) is 0 Å². The molecule has 0 N–H and O–H groups in total. The van der Waals surface area contributed by atoms with E-state index < -0.39 is 5.82 Å². The van der Waals surface area contributed by atoms with Gasteiger partial charge in [-0.25, -0.2) is 4.39 Å². The standard InChI is InChI=1S/C11H12ClFO/c1-2-3-4-11(14)9-7-8(12)5-6-10(9)13/h5-7H,2-4H2,1H3. The van der Waals surface area contributed by atoms with Crippen molar-refractivity contribution in [3.8, 4) is 0 Å². The summed E-state index contributed by atoms with van der Waals surface area (Å²) >= 11 is 5.68. The second-order valence-corrected chi connectivity index (χ2v) is 3.59. The molecule has 1 aromatic carbocycles. The average molecular weight is 215 g/mol. The van der Waals surface area contributed by atoms with Crippen LogP contribution in [-0.2, 0) is 0 Å². The van der Waals surface area contributed by atoms with E-state index in [4.69, 9.17) is 11.6 Å². The number of unbranched alkanes of at least 4 members (excludes halogenated alkanes) is 1. The zero-order valence-electron chi connectivity index (χ0n) is 8.02. The number of halogens is 2. The Bertz CT molecular complexity index is 336. The minimum Gasteiger partial charge on any atom is -0.294 e. The molecule has 0 saturated carbocycles. The molecular weight excluding hydrogens is 203 g/mol. The summed E-state index contributed by atoms with van der Waals surface area (Å²) < 4.78 is 13.2. The zero-order valence-corrected chi connectivity index (χ0v) is 8.77. The Hall–Kier alpha value is -0.890. The summed E-state index contributed by atoms with van der Waals surface area (Å²) in [4.78, 5) is 11.5. The first kappa shape index (κ1) is 11.2. The first-order valence-electron chi connectivity index (χ1n) is 4.63. The summed E-state index contributed by atoms with van der Waals surface area (Å²) in [5.74, 6) is -0.664. The van der Waals surface area contributed by atoms with Gasteiger partial charge in [-0.2, -0.15) is 0 Å². The van der Waals surface area contributed by atoms with Crippen LogP contribution in [0.1, 0.15) is 36.5 Å². The molecule has 14 heavy (non-hydrogen) atoms. The lowest BCUT2D eigenvalue weighted by Gasteiger charge is -2.02.